The summed E-state index contributed by atoms with van der Waals surface area (Å²) >= 11 is 0. The number of hydrogen-bond acceptors (Lipinski definition) is 4. The summed E-state index contributed by atoms with van der Waals surface area (Å²) in [5.74, 6) is -2.72. The maximum atomic E-state index is 11.8. The largest absolute Gasteiger partial charge is 1.00 e. The van der Waals surface area contributed by atoms with Crippen molar-refractivity contribution >= 4 is 11.9 Å². The quantitative estimate of drug-likeness (QED) is 0.452. The van der Waals surface area contributed by atoms with Crippen LogP contribution in [0.25, 0.3) is 0 Å². The maximum Gasteiger partial charge on any atom is 0.338 e. The van der Waals surface area contributed by atoms with Crippen LogP contribution in [0.15, 0.2) is 0 Å². The predicted octanol–water partition coefficient (Wildman–Crippen LogP) is -1.84. The van der Waals surface area contributed by atoms with E-state index < -0.39 is 29.0 Å². The van der Waals surface area contributed by atoms with Crippen LogP contribution in [-0.2, 0) is 14.3 Å². The number of hydrogen-bond donors (Lipinski definition) is 2. The van der Waals surface area contributed by atoms with E-state index in [1.807, 2.05) is 0 Å². The average molecular weight is 250 g/mol. The Morgan fingerprint density at radius 2 is 1.76 bits per heavy atom. The first kappa shape index (κ1) is 18.2. The Kier molecular flexibility index (Phi) is 6.37. The third-order valence-electron chi connectivity index (χ3n) is 2.48. The molecule has 0 amide bonds. The van der Waals surface area contributed by atoms with Crippen molar-refractivity contribution in [2.45, 2.75) is 52.2 Å². The fourth-order valence-corrected chi connectivity index (χ4v) is 1.18. The second-order valence-corrected chi connectivity index (χ2v) is 4.99. The van der Waals surface area contributed by atoms with Crippen LogP contribution in [0.3, 0.4) is 0 Å². The second kappa shape index (κ2) is 5.95. The number of carboxylic acid groups (broad SMARTS) is 1. The van der Waals surface area contributed by atoms with Crippen molar-refractivity contribution in [2.24, 2.45) is 11.7 Å². The van der Waals surface area contributed by atoms with Gasteiger partial charge in [-0.3, -0.25) is 0 Å². The number of carbonyl (C=O) groups is 2. The highest BCUT2D eigenvalue weighted by Gasteiger charge is 2.49. The third-order valence-corrected chi connectivity index (χ3v) is 2.48. The molecule has 0 aromatic carbocycles. The van der Waals surface area contributed by atoms with E-state index in [2.05, 4.69) is 0 Å². The van der Waals surface area contributed by atoms with E-state index in [0.717, 1.165) is 0 Å². The zero-order valence-corrected chi connectivity index (χ0v) is 10.9. The average Bonchev–Trinajstić information content (AvgIpc) is 2.11. The van der Waals surface area contributed by atoms with Gasteiger partial charge in [0.05, 0.1) is 0 Å². The van der Waals surface area contributed by atoms with Crippen molar-refractivity contribution in [2.75, 3.05) is 0 Å². The number of ether oxygens (including phenoxy) is 1. The lowest BCUT2D eigenvalue weighted by Gasteiger charge is -2.31. The summed E-state index contributed by atoms with van der Waals surface area (Å²) in [5, 5.41) is 9.08. The number of halogens is 1. The van der Waals surface area contributed by atoms with Crippen LogP contribution in [0.1, 0.15) is 41.0 Å². The fourth-order valence-electron chi connectivity index (χ4n) is 1.18. The molecule has 17 heavy (non-hydrogen) atoms. The lowest BCUT2D eigenvalue weighted by atomic mass is 9.84. The monoisotopic (exact) mass is 250 g/mol. The SMILES string of the molecule is CCC(C)C(N)(C(=O)O)C(=O)OC(C)(C)C.[F-]. The number of nitrogens with two attached hydrogens (primary N) is 1. The highest BCUT2D eigenvalue weighted by atomic mass is 19.0. The van der Waals surface area contributed by atoms with Crippen molar-refractivity contribution in [1.29, 1.82) is 0 Å². The van der Waals surface area contributed by atoms with E-state index in [9.17, 15) is 9.59 Å². The van der Waals surface area contributed by atoms with Crippen LogP contribution < -0.4 is 10.4 Å². The highest BCUT2D eigenvalue weighted by molar-refractivity contribution is 6.04. The number of rotatable bonds is 4. The van der Waals surface area contributed by atoms with Gasteiger partial charge in [-0.15, -0.1) is 0 Å². The van der Waals surface area contributed by atoms with E-state index in [-0.39, 0.29) is 4.70 Å². The Bertz CT molecular complexity index is 288. The maximum absolute atomic E-state index is 11.8. The summed E-state index contributed by atoms with van der Waals surface area (Å²) in [7, 11) is 0. The van der Waals surface area contributed by atoms with Gasteiger partial charge in [-0.05, 0) is 26.7 Å². The summed E-state index contributed by atoms with van der Waals surface area (Å²) in [6, 6.07) is 0. The molecule has 0 spiro atoms. The summed E-state index contributed by atoms with van der Waals surface area (Å²) < 4.78 is 5.04. The van der Waals surface area contributed by atoms with E-state index in [1.165, 1.54) is 0 Å². The minimum absolute atomic E-state index is 0. The smallest absolute Gasteiger partial charge is 0.338 e. The van der Waals surface area contributed by atoms with Crippen LogP contribution in [0.5, 0.6) is 0 Å². The van der Waals surface area contributed by atoms with Gasteiger partial charge in [-0.2, -0.15) is 0 Å². The Labute approximate surface area is 101 Å². The molecular formula is C11H21FNO4-. The fraction of sp³-hybridized carbons (Fsp3) is 0.818. The Morgan fingerprint density at radius 3 is 2.00 bits per heavy atom. The number of aliphatic carboxylic acids is 1. The van der Waals surface area contributed by atoms with Crippen LogP contribution in [-0.4, -0.2) is 28.2 Å². The van der Waals surface area contributed by atoms with Gasteiger partial charge in [0, 0.05) is 0 Å². The zero-order chi connectivity index (χ0) is 13.1. The lowest BCUT2D eigenvalue weighted by molar-refractivity contribution is -0.171. The molecule has 0 heterocycles. The molecule has 0 aliphatic heterocycles. The first-order chi connectivity index (χ1) is 7.05. The summed E-state index contributed by atoms with van der Waals surface area (Å²) in [6.07, 6.45) is 0.488. The van der Waals surface area contributed by atoms with Crippen LogP contribution in [0.2, 0.25) is 0 Å². The Hall–Kier alpha value is -1.17. The normalized spacial score (nSPS) is 16.4. The number of esters is 1. The highest BCUT2D eigenvalue weighted by Crippen LogP contribution is 2.22. The second-order valence-electron chi connectivity index (χ2n) is 4.99. The van der Waals surface area contributed by atoms with Crippen molar-refractivity contribution in [3.05, 3.63) is 0 Å². The number of carbonyl (C=O) groups excluding carboxylic acids is 1. The van der Waals surface area contributed by atoms with E-state index in [0.29, 0.717) is 6.42 Å². The van der Waals surface area contributed by atoms with E-state index in [1.54, 1.807) is 34.6 Å². The summed E-state index contributed by atoms with van der Waals surface area (Å²) in [6.45, 7) is 8.41. The molecule has 2 unspecified atom stereocenters. The topological polar surface area (TPSA) is 89.6 Å². The van der Waals surface area contributed by atoms with Crippen molar-refractivity contribution in [3.63, 3.8) is 0 Å². The minimum Gasteiger partial charge on any atom is -1.00 e. The van der Waals surface area contributed by atoms with Crippen molar-refractivity contribution in [1.82, 2.24) is 0 Å². The zero-order valence-electron chi connectivity index (χ0n) is 10.9. The minimum atomic E-state index is -1.97. The van der Waals surface area contributed by atoms with E-state index in [4.69, 9.17) is 15.6 Å². The van der Waals surface area contributed by atoms with E-state index >= 15 is 0 Å². The van der Waals surface area contributed by atoms with Crippen LogP contribution >= 0.6 is 0 Å². The molecular weight excluding hydrogens is 229 g/mol. The molecule has 0 saturated heterocycles. The summed E-state index contributed by atoms with van der Waals surface area (Å²) in [5.41, 5.74) is 2.96. The van der Waals surface area contributed by atoms with Crippen molar-refractivity contribution < 1.29 is 24.1 Å². The molecule has 2 atom stereocenters. The molecule has 3 N–H and O–H groups in total. The molecule has 102 valence electrons. The molecule has 0 fully saturated rings. The first-order valence-electron chi connectivity index (χ1n) is 5.31. The third kappa shape index (κ3) is 4.30. The molecule has 0 aromatic heterocycles. The molecule has 0 radical (unpaired) electrons. The first-order valence-corrected chi connectivity index (χ1v) is 5.31. The van der Waals surface area contributed by atoms with Gasteiger partial charge in [0.2, 0.25) is 5.54 Å². The van der Waals surface area contributed by atoms with Crippen LogP contribution in [0, 0.1) is 5.92 Å². The summed E-state index contributed by atoms with van der Waals surface area (Å²) in [4.78, 5) is 22.9. The van der Waals surface area contributed by atoms with Gasteiger partial charge in [-0.25, -0.2) is 9.59 Å². The van der Waals surface area contributed by atoms with Crippen LogP contribution in [0.4, 0.5) is 0 Å². The van der Waals surface area contributed by atoms with Gasteiger partial charge in [0.15, 0.2) is 0 Å². The Balaban J connectivity index is 0. The van der Waals surface area contributed by atoms with Gasteiger partial charge in [-0.1, -0.05) is 20.3 Å². The predicted molar refractivity (Wildman–Crippen MR) is 59.9 cm³/mol. The molecule has 0 aliphatic rings. The number of carboxylic acids is 1. The molecule has 5 nitrogen and oxygen atoms in total. The Morgan fingerprint density at radius 1 is 1.35 bits per heavy atom. The molecule has 0 rings (SSSR count). The van der Waals surface area contributed by atoms with Gasteiger partial charge < -0.3 is 20.3 Å². The molecule has 0 saturated carbocycles. The van der Waals surface area contributed by atoms with Gasteiger partial charge in [0.25, 0.3) is 0 Å². The molecule has 0 aliphatic carbocycles. The molecule has 6 heteroatoms. The standard InChI is InChI=1S/C11H21NO4.FH/c1-6-7(2)11(12,8(13)14)9(15)16-10(3,4)5;/h7H,6,12H2,1-5H3,(H,13,14);1H/p-1. The van der Waals surface area contributed by atoms with Gasteiger partial charge in [0.1, 0.15) is 5.60 Å². The molecule has 0 bridgehead atoms. The lowest BCUT2D eigenvalue weighted by Crippen LogP contribution is -3.00. The van der Waals surface area contributed by atoms with Crippen molar-refractivity contribution in [3.8, 4) is 0 Å². The van der Waals surface area contributed by atoms with Gasteiger partial charge >= 0.3 is 11.9 Å². The molecule has 0 aromatic rings.